The normalized spacial score (nSPS) is 23.4. The van der Waals surface area contributed by atoms with Gasteiger partial charge in [0.05, 0.1) is 5.56 Å². The molecule has 4 rings (SSSR count). The van der Waals surface area contributed by atoms with Gasteiger partial charge in [0, 0.05) is 42.6 Å². The van der Waals surface area contributed by atoms with Crippen LogP contribution in [0.2, 0.25) is 0 Å². The first-order valence-electron chi connectivity index (χ1n) is 12.1. The smallest absolute Gasteiger partial charge is 0.370 e. The van der Waals surface area contributed by atoms with Crippen molar-refractivity contribution in [3.05, 3.63) is 59.7 Å². The monoisotopic (exact) mass is 474 g/mol. The van der Waals surface area contributed by atoms with Crippen LogP contribution in [-0.4, -0.2) is 37.2 Å². The SMILES string of the molecule is Cc1ccc(NC(=O)N[C@@H]2CCCC[C@H]2N[C@H]2CCCN(c3ccc(C(F)(F)F)cc3)C2)cc1. The summed E-state index contributed by atoms with van der Waals surface area (Å²) in [5.41, 5.74) is 2.10. The number of carbonyl (C=O) groups excluding carboxylic acids is 1. The standard InChI is InChI=1S/C26H33F3N4O/c1-18-8-12-20(13-9-18)31-25(34)32-24-7-3-2-6-23(24)30-21-5-4-16-33(17-21)22-14-10-19(11-15-22)26(27,28)29/h8-15,21,23-24,30H,2-7,16-17H2,1H3,(H2,31,32,34)/t21-,23+,24+/m0/s1. The van der Waals surface area contributed by atoms with Gasteiger partial charge in [0.25, 0.3) is 0 Å². The van der Waals surface area contributed by atoms with Crippen molar-refractivity contribution in [2.45, 2.75) is 69.8 Å². The highest BCUT2D eigenvalue weighted by atomic mass is 19.4. The van der Waals surface area contributed by atoms with E-state index >= 15 is 0 Å². The van der Waals surface area contributed by atoms with Crippen LogP contribution in [0.5, 0.6) is 0 Å². The summed E-state index contributed by atoms with van der Waals surface area (Å²) in [6.07, 6.45) is 1.77. The molecule has 3 atom stereocenters. The number of anilines is 2. The zero-order valence-corrected chi connectivity index (χ0v) is 19.5. The van der Waals surface area contributed by atoms with Gasteiger partial charge in [0.1, 0.15) is 0 Å². The van der Waals surface area contributed by atoms with Crippen molar-refractivity contribution in [3.8, 4) is 0 Å². The third-order valence-electron chi connectivity index (χ3n) is 6.82. The second-order valence-electron chi connectivity index (χ2n) is 9.46. The van der Waals surface area contributed by atoms with Gasteiger partial charge in [0.2, 0.25) is 0 Å². The van der Waals surface area contributed by atoms with Crippen LogP contribution >= 0.6 is 0 Å². The van der Waals surface area contributed by atoms with E-state index in [2.05, 4.69) is 20.9 Å². The molecule has 5 nitrogen and oxygen atoms in total. The number of aryl methyl sites for hydroxylation is 1. The van der Waals surface area contributed by atoms with Crippen molar-refractivity contribution in [1.82, 2.24) is 10.6 Å². The number of benzene rings is 2. The molecule has 184 valence electrons. The second-order valence-corrected chi connectivity index (χ2v) is 9.46. The lowest BCUT2D eigenvalue weighted by atomic mass is 9.89. The predicted octanol–water partition coefficient (Wildman–Crippen LogP) is 5.71. The molecule has 2 amide bonds. The molecule has 3 N–H and O–H groups in total. The Labute approximate surface area is 199 Å². The first kappa shape index (κ1) is 24.4. The number of hydrogen-bond acceptors (Lipinski definition) is 3. The molecular weight excluding hydrogens is 441 g/mol. The van der Waals surface area contributed by atoms with Gasteiger partial charge >= 0.3 is 12.2 Å². The van der Waals surface area contributed by atoms with Crippen LogP contribution in [0, 0.1) is 6.92 Å². The number of nitrogens with one attached hydrogen (secondary N) is 3. The number of rotatable bonds is 5. The molecule has 0 aromatic heterocycles. The zero-order chi connectivity index (χ0) is 24.1. The predicted molar refractivity (Wildman–Crippen MR) is 129 cm³/mol. The Kier molecular flexibility index (Phi) is 7.66. The Morgan fingerprint density at radius 1 is 0.912 bits per heavy atom. The van der Waals surface area contributed by atoms with Gasteiger partial charge in [0.15, 0.2) is 0 Å². The molecule has 1 aliphatic heterocycles. The Morgan fingerprint density at radius 3 is 2.26 bits per heavy atom. The van der Waals surface area contributed by atoms with Crippen LogP contribution < -0.4 is 20.9 Å². The zero-order valence-electron chi connectivity index (χ0n) is 19.5. The van der Waals surface area contributed by atoms with Gasteiger partial charge in [-0.25, -0.2) is 4.79 Å². The van der Waals surface area contributed by atoms with E-state index in [1.54, 1.807) is 12.1 Å². The van der Waals surface area contributed by atoms with Crippen molar-refractivity contribution in [1.29, 1.82) is 0 Å². The molecule has 0 bridgehead atoms. The van der Waals surface area contributed by atoms with Crippen molar-refractivity contribution in [3.63, 3.8) is 0 Å². The van der Waals surface area contributed by atoms with Crippen molar-refractivity contribution >= 4 is 17.4 Å². The molecule has 2 aromatic rings. The largest absolute Gasteiger partial charge is 0.416 e. The lowest BCUT2D eigenvalue weighted by molar-refractivity contribution is -0.137. The minimum absolute atomic E-state index is 0.0423. The molecule has 34 heavy (non-hydrogen) atoms. The highest BCUT2D eigenvalue weighted by Crippen LogP contribution is 2.31. The number of urea groups is 1. The topological polar surface area (TPSA) is 56.4 Å². The summed E-state index contributed by atoms with van der Waals surface area (Å²) in [7, 11) is 0. The average molecular weight is 475 g/mol. The van der Waals surface area contributed by atoms with Crippen LogP contribution in [-0.2, 0) is 6.18 Å². The summed E-state index contributed by atoms with van der Waals surface area (Å²) in [6, 6.07) is 13.4. The fraction of sp³-hybridized carbons (Fsp3) is 0.500. The summed E-state index contributed by atoms with van der Waals surface area (Å²) in [6.45, 7) is 3.57. The van der Waals surface area contributed by atoms with E-state index in [1.807, 2.05) is 31.2 Å². The minimum atomic E-state index is -4.32. The summed E-state index contributed by atoms with van der Waals surface area (Å²) >= 11 is 0. The number of nitrogens with zero attached hydrogens (tertiary/aromatic N) is 1. The molecule has 8 heteroatoms. The molecule has 0 spiro atoms. The van der Waals surface area contributed by atoms with Crippen molar-refractivity contribution in [2.75, 3.05) is 23.3 Å². The molecule has 1 saturated heterocycles. The van der Waals surface area contributed by atoms with Crippen LogP contribution in [0.15, 0.2) is 48.5 Å². The quantitative estimate of drug-likeness (QED) is 0.521. The summed E-state index contributed by atoms with van der Waals surface area (Å²) in [5.74, 6) is 0. The van der Waals surface area contributed by atoms with E-state index in [1.165, 1.54) is 0 Å². The van der Waals surface area contributed by atoms with Gasteiger partial charge in [-0.15, -0.1) is 0 Å². The molecule has 2 aliphatic rings. The summed E-state index contributed by atoms with van der Waals surface area (Å²) < 4.78 is 38.7. The number of hydrogen-bond donors (Lipinski definition) is 3. The van der Waals surface area contributed by atoms with Gasteiger partial charge in [-0.05, 0) is 69.0 Å². The highest BCUT2D eigenvalue weighted by Gasteiger charge is 2.32. The van der Waals surface area contributed by atoms with E-state index in [4.69, 9.17) is 0 Å². The fourth-order valence-electron chi connectivity index (χ4n) is 4.99. The van der Waals surface area contributed by atoms with Crippen molar-refractivity contribution in [2.24, 2.45) is 0 Å². The van der Waals surface area contributed by atoms with Crippen LogP contribution in [0.3, 0.4) is 0 Å². The summed E-state index contributed by atoms with van der Waals surface area (Å²) in [5, 5.41) is 9.83. The Balaban J connectivity index is 1.33. The molecule has 0 unspecified atom stereocenters. The number of piperidine rings is 1. The first-order valence-corrected chi connectivity index (χ1v) is 12.1. The minimum Gasteiger partial charge on any atom is -0.370 e. The summed E-state index contributed by atoms with van der Waals surface area (Å²) in [4.78, 5) is 14.7. The number of carbonyl (C=O) groups is 1. The Bertz CT molecular complexity index is 946. The van der Waals surface area contributed by atoms with E-state index in [0.29, 0.717) is 0 Å². The number of halogens is 3. The fourth-order valence-corrected chi connectivity index (χ4v) is 4.99. The molecule has 0 radical (unpaired) electrons. The second kappa shape index (κ2) is 10.7. The highest BCUT2D eigenvalue weighted by molar-refractivity contribution is 5.89. The van der Waals surface area contributed by atoms with Gasteiger partial charge < -0.3 is 20.9 Å². The molecule has 2 fully saturated rings. The average Bonchev–Trinajstić information content (AvgIpc) is 2.82. The van der Waals surface area contributed by atoms with E-state index in [9.17, 15) is 18.0 Å². The maximum absolute atomic E-state index is 12.9. The molecule has 1 heterocycles. The van der Waals surface area contributed by atoms with Crippen LogP contribution in [0.1, 0.15) is 49.7 Å². The maximum Gasteiger partial charge on any atom is 0.416 e. The van der Waals surface area contributed by atoms with Crippen LogP contribution in [0.25, 0.3) is 0 Å². The lowest BCUT2D eigenvalue weighted by Crippen LogP contribution is -2.57. The van der Waals surface area contributed by atoms with E-state index in [0.717, 1.165) is 80.7 Å². The molecular formula is C26H33F3N4O. The van der Waals surface area contributed by atoms with Gasteiger partial charge in [-0.1, -0.05) is 30.5 Å². The van der Waals surface area contributed by atoms with E-state index < -0.39 is 11.7 Å². The molecule has 2 aromatic carbocycles. The van der Waals surface area contributed by atoms with E-state index in [-0.39, 0.29) is 24.2 Å². The third kappa shape index (κ3) is 6.44. The van der Waals surface area contributed by atoms with Gasteiger partial charge in [-0.2, -0.15) is 13.2 Å². The van der Waals surface area contributed by atoms with Crippen molar-refractivity contribution < 1.29 is 18.0 Å². The Morgan fingerprint density at radius 2 is 1.59 bits per heavy atom. The maximum atomic E-state index is 12.9. The first-order chi connectivity index (χ1) is 16.3. The Hall–Kier alpha value is -2.74. The van der Waals surface area contributed by atoms with Gasteiger partial charge in [-0.3, -0.25) is 0 Å². The lowest BCUT2D eigenvalue weighted by Gasteiger charge is -2.40. The number of amides is 2. The number of alkyl halides is 3. The molecule has 1 aliphatic carbocycles. The third-order valence-corrected chi connectivity index (χ3v) is 6.82. The van der Waals surface area contributed by atoms with Crippen LogP contribution in [0.4, 0.5) is 29.3 Å². The molecule has 1 saturated carbocycles.